The second-order valence-electron chi connectivity index (χ2n) is 13.4. The van der Waals surface area contributed by atoms with E-state index in [-0.39, 0.29) is 5.41 Å². The highest BCUT2D eigenvalue weighted by Gasteiger charge is 2.37. The summed E-state index contributed by atoms with van der Waals surface area (Å²) in [5, 5.41) is 5.18. The summed E-state index contributed by atoms with van der Waals surface area (Å²) in [6, 6.07) is 58.2. The standard InChI is InChI=1S/C45H32N2S/c1-45(2)37-16-8-10-18-41(37)47(32-22-25-44-36(28-32)34-15-7-11-19-43(34)48-44)42-24-21-30(27-38(42)45)29-20-23-40-35(26-29)33-14-6-9-17-39(33)46(40)31-12-4-3-5-13-31/h3-28H,1-2H3. The molecular weight excluding hydrogens is 601 g/mol. The van der Waals surface area contributed by atoms with E-state index in [1.165, 1.54) is 87.0 Å². The lowest BCUT2D eigenvalue weighted by Crippen LogP contribution is -2.30. The first-order valence-electron chi connectivity index (χ1n) is 16.6. The van der Waals surface area contributed by atoms with Gasteiger partial charge in [0.15, 0.2) is 0 Å². The molecule has 0 N–H and O–H groups in total. The predicted molar refractivity (Wildman–Crippen MR) is 206 cm³/mol. The van der Waals surface area contributed by atoms with Crippen LogP contribution in [0.1, 0.15) is 25.0 Å². The van der Waals surface area contributed by atoms with Crippen LogP contribution in [0.25, 0.3) is 58.8 Å². The SMILES string of the molecule is CC1(C)c2ccccc2N(c2ccc3sc4ccccc4c3c2)c2ccc(-c3ccc4c(c3)c3ccccc3n4-c3ccccc3)cc21. The minimum absolute atomic E-state index is 0.176. The van der Waals surface area contributed by atoms with Crippen LogP contribution in [0.15, 0.2) is 158 Å². The number of benzene rings is 7. The van der Waals surface area contributed by atoms with Crippen molar-refractivity contribution in [2.75, 3.05) is 4.90 Å². The minimum atomic E-state index is -0.176. The Hall–Kier alpha value is -5.64. The first-order chi connectivity index (χ1) is 23.6. The number of hydrogen-bond donors (Lipinski definition) is 0. The smallest absolute Gasteiger partial charge is 0.0541 e. The van der Waals surface area contributed by atoms with E-state index in [0.717, 1.165) is 0 Å². The molecular formula is C45H32N2S. The van der Waals surface area contributed by atoms with Crippen LogP contribution in [0.4, 0.5) is 17.1 Å². The van der Waals surface area contributed by atoms with E-state index in [0.29, 0.717) is 0 Å². The van der Waals surface area contributed by atoms with Gasteiger partial charge in [-0.05, 0) is 95.1 Å². The summed E-state index contributed by atoms with van der Waals surface area (Å²) in [6.45, 7) is 4.75. The summed E-state index contributed by atoms with van der Waals surface area (Å²) in [7, 11) is 0. The lowest BCUT2D eigenvalue weighted by atomic mass is 9.73. The molecule has 0 saturated carbocycles. The molecule has 10 rings (SSSR count). The third-order valence-electron chi connectivity index (χ3n) is 10.4. The summed E-state index contributed by atoms with van der Waals surface area (Å²) >= 11 is 1.87. The fourth-order valence-electron chi connectivity index (χ4n) is 8.02. The minimum Gasteiger partial charge on any atom is -0.310 e. The first-order valence-corrected chi connectivity index (χ1v) is 17.4. The van der Waals surface area contributed by atoms with E-state index in [9.17, 15) is 0 Å². The molecule has 0 aliphatic carbocycles. The van der Waals surface area contributed by atoms with E-state index in [2.05, 4.69) is 181 Å². The van der Waals surface area contributed by atoms with Gasteiger partial charge in [0.1, 0.15) is 0 Å². The Bertz CT molecular complexity index is 2710. The zero-order valence-corrected chi connectivity index (χ0v) is 27.6. The van der Waals surface area contributed by atoms with Crippen LogP contribution in [0.3, 0.4) is 0 Å². The van der Waals surface area contributed by atoms with Crippen molar-refractivity contribution in [1.29, 1.82) is 0 Å². The van der Waals surface area contributed by atoms with E-state index in [4.69, 9.17) is 0 Å². The van der Waals surface area contributed by atoms with Crippen molar-refractivity contribution in [3.05, 3.63) is 169 Å². The first kappa shape index (κ1) is 27.5. The lowest BCUT2D eigenvalue weighted by Gasteiger charge is -2.42. The Morgan fingerprint density at radius 3 is 2.00 bits per heavy atom. The van der Waals surface area contributed by atoms with E-state index < -0.39 is 0 Å². The van der Waals surface area contributed by atoms with Crippen LogP contribution >= 0.6 is 11.3 Å². The van der Waals surface area contributed by atoms with Gasteiger partial charge in [-0.15, -0.1) is 11.3 Å². The summed E-state index contributed by atoms with van der Waals surface area (Å²) in [5.41, 5.74) is 12.3. The Morgan fingerprint density at radius 2 is 1.10 bits per heavy atom. The number of thiophene rings is 1. The molecule has 2 nitrogen and oxygen atoms in total. The maximum atomic E-state index is 2.47. The highest BCUT2D eigenvalue weighted by Crippen LogP contribution is 2.53. The molecule has 0 spiro atoms. The van der Waals surface area contributed by atoms with Gasteiger partial charge in [-0.1, -0.05) is 98.8 Å². The second kappa shape index (κ2) is 10.2. The van der Waals surface area contributed by atoms with E-state index in [1.807, 2.05) is 11.3 Å². The topological polar surface area (TPSA) is 8.17 Å². The molecule has 0 radical (unpaired) electrons. The van der Waals surface area contributed by atoms with Crippen LogP contribution in [0, 0.1) is 0 Å². The molecule has 2 aromatic heterocycles. The molecule has 0 amide bonds. The van der Waals surface area contributed by atoms with Gasteiger partial charge >= 0.3 is 0 Å². The van der Waals surface area contributed by atoms with Crippen LogP contribution in [-0.4, -0.2) is 4.57 Å². The van der Waals surface area contributed by atoms with Gasteiger partial charge in [0, 0.05) is 47.7 Å². The summed E-state index contributed by atoms with van der Waals surface area (Å²) in [5.74, 6) is 0. The fraction of sp³-hybridized carbons (Fsp3) is 0.0667. The Labute approximate surface area is 283 Å². The summed E-state index contributed by atoms with van der Waals surface area (Å²) in [4.78, 5) is 2.47. The number of para-hydroxylation sites is 3. The monoisotopic (exact) mass is 632 g/mol. The molecule has 1 aliphatic rings. The number of hydrogen-bond acceptors (Lipinski definition) is 2. The van der Waals surface area contributed by atoms with Crippen molar-refractivity contribution in [3.63, 3.8) is 0 Å². The lowest BCUT2D eigenvalue weighted by molar-refractivity contribution is 0.632. The van der Waals surface area contributed by atoms with E-state index in [1.54, 1.807) is 0 Å². The third kappa shape index (κ3) is 3.92. The maximum Gasteiger partial charge on any atom is 0.0541 e. The zero-order valence-electron chi connectivity index (χ0n) is 26.8. The van der Waals surface area contributed by atoms with Gasteiger partial charge in [0.25, 0.3) is 0 Å². The van der Waals surface area contributed by atoms with Crippen molar-refractivity contribution >= 4 is 70.4 Å². The van der Waals surface area contributed by atoms with Crippen LogP contribution in [-0.2, 0) is 5.41 Å². The molecule has 0 atom stereocenters. The zero-order chi connectivity index (χ0) is 32.0. The highest BCUT2D eigenvalue weighted by atomic mass is 32.1. The number of anilines is 3. The predicted octanol–water partition coefficient (Wildman–Crippen LogP) is 12.9. The van der Waals surface area contributed by atoms with E-state index >= 15 is 0 Å². The average Bonchev–Trinajstić information content (AvgIpc) is 3.67. The van der Waals surface area contributed by atoms with Crippen molar-refractivity contribution in [1.82, 2.24) is 4.57 Å². The summed E-state index contributed by atoms with van der Waals surface area (Å²) < 4.78 is 5.04. The largest absolute Gasteiger partial charge is 0.310 e. The van der Waals surface area contributed by atoms with Gasteiger partial charge in [-0.3, -0.25) is 0 Å². The van der Waals surface area contributed by atoms with Gasteiger partial charge < -0.3 is 9.47 Å². The molecule has 3 heteroatoms. The number of rotatable bonds is 3. The number of aromatic nitrogens is 1. The van der Waals surface area contributed by atoms with Gasteiger partial charge in [-0.25, -0.2) is 0 Å². The summed E-state index contributed by atoms with van der Waals surface area (Å²) in [6.07, 6.45) is 0. The second-order valence-corrected chi connectivity index (χ2v) is 14.5. The van der Waals surface area contributed by atoms with Crippen molar-refractivity contribution in [3.8, 4) is 16.8 Å². The maximum absolute atomic E-state index is 2.47. The average molecular weight is 633 g/mol. The Kier molecular flexibility index (Phi) is 5.82. The molecule has 0 fully saturated rings. The third-order valence-corrected chi connectivity index (χ3v) is 11.5. The molecule has 0 saturated heterocycles. The van der Waals surface area contributed by atoms with Crippen LogP contribution in [0.5, 0.6) is 0 Å². The highest BCUT2D eigenvalue weighted by molar-refractivity contribution is 7.25. The van der Waals surface area contributed by atoms with Gasteiger partial charge in [-0.2, -0.15) is 0 Å². The molecule has 1 aliphatic heterocycles. The Morgan fingerprint density at radius 1 is 0.438 bits per heavy atom. The van der Waals surface area contributed by atoms with Crippen LogP contribution in [0.2, 0.25) is 0 Å². The van der Waals surface area contributed by atoms with Crippen molar-refractivity contribution in [2.45, 2.75) is 19.3 Å². The van der Waals surface area contributed by atoms with Gasteiger partial charge in [0.05, 0.1) is 22.4 Å². The van der Waals surface area contributed by atoms with Gasteiger partial charge in [0.2, 0.25) is 0 Å². The Balaban J connectivity index is 1.16. The molecule has 3 heterocycles. The molecule has 228 valence electrons. The molecule has 0 unspecified atom stereocenters. The molecule has 9 aromatic rings. The molecule has 0 bridgehead atoms. The molecule has 7 aromatic carbocycles. The normalized spacial score (nSPS) is 13.8. The molecule has 48 heavy (non-hydrogen) atoms. The number of fused-ring (bicyclic) bond motifs is 8. The van der Waals surface area contributed by atoms with Crippen LogP contribution < -0.4 is 4.90 Å². The van der Waals surface area contributed by atoms with Crippen molar-refractivity contribution in [2.24, 2.45) is 0 Å². The van der Waals surface area contributed by atoms with Crippen molar-refractivity contribution < 1.29 is 0 Å². The fourth-order valence-corrected chi connectivity index (χ4v) is 9.11. The quantitative estimate of drug-likeness (QED) is 0.188. The number of nitrogens with zero attached hydrogens (tertiary/aromatic N) is 2.